The fourth-order valence-electron chi connectivity index (χ4n) is 0.974. The average Bonchev–Trinajstić information content (AvgIpc) is 2.43. The molecule has 12 heteroatoms. The third-order valence-electron chi connectivity index (χ3n) is 1.81. The first kappa shape index (κ1) is 19.1. The van der Waals surface area contributed by atoms with Crippen LogP contribution in [0.15, 0.2) is 12.2 Å². The molecule has 0 amide bonds. The van der Waals surface area contributed by atoms with Crippen molar-refractivity contribution in [3.8, 4) is 0 Å². The summed E-state index contributed by atoms with van der Waals surface area (Å²) in [6.45, 7) is -0.634. The van der Waals surface area contributed by atoms with Gasteiger partial charge in [-0.3, -0.25) is 0 Å². The Morgan fingerprint density at radius 2 is 1.14 bits per heavy atom. The Kier molecular flexibility index (Phi) is 10.3. The van der Waals surface area contributed by atoms with E-state index in [1.54, 1.807) is 0 Å². The van der Waals surface area contributed by atoms with Crippen LogP contribution in [-0.2, 0) is 28.7 Å². The van der Waals surface area contributed by atoms with Crippen LogP contribution in [0, 0.1) is 20.2 Å². The molecule has 0 spiro atoms. The Balaban J connectivity index is 3.63. The molecule has 0 saturated heterocycles. The van der Waals surface area contributed by atoms with Crippen molar-refractivity contribution in [2.75, 3.05) is 26.4 Å². The SMILES string of the molecule is O=C(/C=C/C(=O)OCCCO[N+](=O)[O-])OCCCO[N+](=O)[O-]. The predicted molar refractivity (Wildman–Crippen MR) is 66.2 cm³/mol. The van der Waals surface area contributed by atoms with Gasteiger partial charge in [-0.2, -0.15) is 0 Å². The Labute approximate surface area is 123 Å². The molecule has 0 atom stereocenters. The normalized spacial score (nSPS) is 10.0. The minimum absolute atomic E-state index is 0.107. The summed E-state index contributed by atoms with van der Waals surface area (Å²) >= 11 is 0. The number of hydrogen-bond acceptors (Lipinski definition) is 10. The zero-order valence-corrected chi connectivity index (χ0v) is 11.4. The summed E-state index contributed by atoms with van der Waals surface area (Å²) in [5, 5.41) is 17.7. The molecule has 0 aromatic heterocycles. The molecule has 0 aromatic rings. The van der Waals surface area contributed by atoms with Gasteiger partial charge in [-0.25, -0.2) is 9.59 Å². The van der Waals surface area contributed by atoms with Crippen LogP contribution in [0.3, 0.4) is 0 Å². The van der Waals surface area contributed by atoms with E-state index in [0.29, 0.717) is 0 Å². The van der Waals surface area contributed by atoms with Crippen molar-refractivity contribution in [2.24, 2.45) is 0 Å². The van der Waals surface area contributed by atoms with Gasteiger partial charge in [-0.15, -0.1) is 20.2 Å². The summed E-state index contributed by atoms with van der Waals surface area (Å²) in [5.41, 5.74) is 0. The lowest BCUT2D eigenvalue weighted by molar-refractivity contribution is -0.757. The first-order chi connectivity index (χ1) is 10.4. The highest BCUT2D eigenvalue weighted by atomic mass is 17.0. The van der Waals surface area contributed by atoms with Gasteiger partial charge in [-0.1, -0.05) is 0 Å². The molecule has 22 heavy (non-hydrogen) atoms. The number of rotatable bonds is 12. The molecule has 0 rings (SSSR count). The maximum Gasteiger partial charge on any atom is 0.331 e. The van der Waals surface area contributed by atoms with E-state index >= 15 is 0 Å². The second-order valence-electron chi connectivity index (χ2n) is 3.49. The highest BCUT2D eigenvalue weighted by molar-refractivity contribution is 5.91. The van der Waals surface area contributed by atoms with Crippen LogP contribution in [0.1, 0.15) is 12.8 Å². The number of esters is 2. The van der Waals surface area contributed by atoms with Crippen molar-refractivity contribution in [3.05, 3.63) is 32.4 Å². The van der Waals surface area contributed by atoms with Gasteiger partial charge in [0.05, 0.1) is 26.4 Å². The smallest absolute Gasteiger partial charge is 0.331 e. The van der Waals surface area contributed by atoms with Gasteiger partial charge in [0.1, 0.15) is 0 Å². The van der Waals surface area contributed by atoms with Gasteiger partial charge < -0.3 is 19.1 Å². The highest BCUT2D eigenvalue weighted by Gasteiger charge is 2.02. The van der Waals surface area contributed by atoms with E-state index < -0.39 is 22.1 Å². The lowest BCUT2D eigenvalue weighted by Gasteiger charge is -2.02. The number of nitrogens with zero attached hydrogens (tertiary/aromatic N) is 2. The molecule has 0 bridgehead atoms. The molecular weight excluding hydrogens is 308 g/mol. The van der Waals surface area contributed by atoms with Gasteiger partial charge in [-0.05, 0) is 0 Å². The number of carbonyl (C=O) groups excluding carboxylic acids is 2. The fourth-order valence-corrected chi connectivity index (χ4v) is 0.974. The van der Waals surface area contributed by atoms with E-state index in [1.807, 2.05) is 0 Å². The van der Waals surface area contributed by atoms with E-state index in [-0.39, 0.29) is 39.3 Å². The molecule has 0 fully saturated rings. The van der Waals surface area contributed by atoms with E-state index in [2.05, 4.69) is 19.1 Å². The molecule has 12 nitrogen and oxygen atoms in total. The molecule has 0 aliphatic heterocycles. The van der Waals surface area contributed by atoms with Crippen molar-refractivity contribution < 1.29 is 38.9 Å². The van der Waals surface area contributed by atoms with Crippen LogP contribution in [-0.4, -0.2) is 48.5 Å². The van der Waals surface area contributed by atoms with Gasteiger partial charge in [0, 0.05) is 25.0 Å². The van der Waals surface area contributed by atoms with Gasteiger partial charge in [0.25, 0.3) is 10.2 Å². The molecule has 0 saturated carbocycles. The standard InChI is InChI=1S/C10H14N2O10/c13-9(19-5-1-7-21-11(15)16)3-4-10(14)20-6-2-8-22-12(17)18/h3-4H,1-2,5-8H2/b4-3+. The van der Waals surface area contributed by atoms with E-state index in [4.69, 9.17) is 0 Å². The number of ether oxygens (including phenoxy) is 2. The van der Waals surface area contributed by atoms with Crippen LogP contribution < -0.4 is 0 Å². The lowest BCUT2D eigenvalue weighted by atomic mass is 10.4. The van der Waals surface area contributed by atoms with Gasteiger partial charge in [0.2, 0.25) is 0 Å². The summed E-state index contributed by atoms with van der Waals surface area (Å²) in [5.74, 6) is -1.65. The molecular formula is C10H14N2O10. The summed E-state index contributed by atoms with van der Waals surface area (Å²) in [6, 6.07) is 0. The van der Waals surface area contributed by atoms with Crippen molar-refractivity contribution in [3.63, 3.8) is 0 Å². The van der Waals surface area contributed by atoms with Gasteiger partial charge in [0.15, 0.2) is 0 Å². The summed E-state index contributed by atoms with van der Waals surface area (Å²) < 4.78 is 9.23. The van der Waals surface area contributed by atoms with Crippen LogP contribution in [0.5, 0.6) is 0 Å². The molecule has 0 aromatic carbocycles. The fraction of sp³-hybridized carbons (Fsp3) is 0.600. The quantitative estimate of drug-likeness (QED) is 0.155. The van der Waals surface area contributed by atoms with Crippen LogP contribution in [0.4, 0.5) is 0 Å². The molecule has 0 N–H and O–H groups in total. The van der Waals surface area contributed by atoms with Gasteiger partial charge >= 0.3 is 11.9 Å². The lowest BCUT2D eigenvalue weighted by Crippen LogP contribution is -2.10. The van der Waals surface area contributed by atoms with Crippen molar-refractivity contribution in [1.82, 2.24) is 0 Å². The zero-order valence-electron chi connectivity index (χ0n) is 11.4. The molecule has 124 valence electrons. The topological polar surface area (TPSA) is 157 Å². The molecule has 0 heterocycles. The Hall–Kier alpha value is -2.92. The number of carbonyl (C=O) groups is 2. The number of hydrogen-bond donors (Lipinski definition) is 0. The van der Waals surface area contributed by atoms with E-state index in [9.17, 15) is 29.8 Å². The third kappa shape index (κ3) is 13.5. The molecule has 0 aliphatic carbocycles. The van der Waals surface area contributed by atoms with Crippen LogP contribution >= 0.6 is 0 Å². The maximum absolute atomic E-state index is 11.1. The van der Waals surface area contributed by atoms with E-state index in [1.165, 1.54) is 0 Å². The Morgan fingerprint density at radius 1 is 0.773 bits per heavy atom. The Morgan fingerprint density at radius 3 is 1.45 bits per heavy atom. The Bertz CT molecular complexity index is 384. The van der Waals surface area contributed by atoms with Crippen LogP contribution in [0.25, 0.3) is 0 Å². The minimum atomic E-state index is -0.964. The second kappa shape index (κ2) is 11.9. The monoisotopic (exact) mass is 322 g/mol. The average molecular weight is 322 g/mol. The minimum Gasteiger partial charge on any atom is -0.462 e. The summed E-state index contributed by atoms with van der Waals surface area (Å²) in [6.07, 6.45) is 1.90. The molecule has 0 unspecified atom stereocenters. The van der Waals surface area contributed by atoms with Crippen LogP contribution in [0.2, 0.25) is 0 Å². The van der Waals surface area contributed by atoms with Crippen molar-refractivity contribution >= 4 is 11.9 Å². The zero-order chi connectivity index (χ0) is 16.8. The van der Waals surface area contributed by atoms with Crippen molar-refractivity contribution in [1.29, 1.82) is 0 Å². The second-order valence-corrected chi connectivity index (χ2v) is 3.49. The molecule has 0 aliphatic rings. The van der Waals surface area contributed by atoms with Crippen molar-refractivity contribution in [2.45, 2.75) is 12.8 Å². The summed E-state index contributed by atoms with van der Waals surface area (Å²) in [4.78, 5) is 49.8. The van der Waals surface area contributed by atoms with E-state index in [0.717, 1.165) is 12.2 Å². The molecule has 0 radical (unpaired) electrons. The predicted octanol–water partition coefficient (Wildman–Crippen LogP) is -0.174. The largest absolute Gasteiger partial charge is 0.462 e. The summed E-state index contributed by atoms with van der Waals surface area (Å²) in [7, 11) is 0. The third-order valence-corrected chi connectivity index (χ3v) is 1.81. The maximum atomic E-state index is 11.1. The highest BCUT2D eigenvalue weighted by Crippen LogP contribution is 1.91. The first-order valence-electron chi connectivity index (χ1n) is 5.98. The first-order valence-corrected chi connectivity index (χ1v) is 5.98.